The third-order valence-corrected chi connectivity index (χ3v) is 3.93. The van der Waals surface area contributed by atoms with Gasteiger partial charge in [-0.15, -0.1) is 0 Å². The molecule has 24 heavy (non-hydrogen) atoms. The number of halogens is 2. The van der Waals surface area contributed by atoms with Crippen molar-refractivity contribution in [3.63, 3.8) is 0 Å². The van der Waals surface area contributed by atoms with Crippen molar-refractivity contribution in [1.29, 1.82) is 0 Å². The number of nitrogens with zero attached hydrogens (tertiary/aromatic N) is 3. The fourth-order valence-corrected chi connectivity index (χ4v) is 2.72. The van der Waals surface area contributed by atoms with E-state index in [1.165, 1.54) is 0 Å². The van der Waals surface area contributed by atoms with E-state index >= 15 is 0 Å². The number of hydrogen-bond acceptors (Lipinski definition) is 3. The molecule has 3 aromatic rings. The summed E-state index contributed by atoms with van der Waals surface area (Å²) in [6.45, 7) is 0.885. The van der Waals surface area contributed by atoms with Crippen molar-refractivity contribution in [2.45, 2.75) is 13.2 Å². The highest BCUT2D eigenvalue weighted by molar-refractivity contribution is 6.37. The van der Waals surface area contributed by atoms with E-state index in [0.29, 0.717) is 28.9 Å². The van der Waals surface area contributed by atoms with Crippen LogP contribution in [0.3, 0.4) is 0 Å². The summed E-state index contributed by atoms with van der Waals surface area (Å²) in [5.74, 6) is 0. The van der Waals surface area contributed by atoms with E-state index in [2.05, 4.69) is 10.1 Å². The summed E-state index contributed by atoms with van der Waals surface area (Å²) in [4.78, 5) is 9.58. The Bertz CT molecular complexity index is 818. The van der Waals surface area contributed by atoms with Gasteiger partial charge in [0.15, 0.2) is 0 Å². The molecular weight excluding hydrogens is 345 g/mol. The van der Waals surface area contributed by atoms with Crippen LogP contribution >= 0.6 is 23.2 Å². The first-order valence-electron chi connectivity index (χ1n) is 7.36. The molecule has 0 fully saturated rings. The van der Waals surface area contributed by atoms with Gasteiger partial charge in [0, 0.05) is 23.0 Å². The minimum Gasteiger partial charge on any atom is -0.391 e. The largest absolute Gasteiger partial charge is 0.391 e. The second-order valence-corrected chi connectivity index (χ2v) is 6.00. The zero-order valence-electron chi connectivity index (χ0n) is 12.8. The smallest absolute Gasteiger partial charge is 0.142 e. The Hall–Kier alpha value is -2.30. The fraction of sp³-hybridized carbons (Fsp3) is 0.111. The van der Waals surface area contributed by atoms with Crippen LogP contribution in [-0.4, -0.2) is 15.3 Å². The van der Waals surface area contributed by atoms with E-state index in [1.807, 2.05) is 47.2 Å². The summed E-state index contributed by atoms with van der Waals surface area (Å²) < 4.78 is 1.90. The van der Waals surface area contributed by atoms with E-state index < -0.39 is 0 Å². The van der Waals surface area contributed by atoms with Gasteiger partial charge in [0.2, 0.25) is 0 Å². The molecule has 0 unspecified atom stereocenters. The van der Waals surface area contributed by atoms with Gasteiger partial charge in [0.05, 0.1) is 17.9 Å². The number of oxime groups is 1. The van der Waals surface area contributed by atoms with Crippen molar-refractivity contribution in [1.82, 2.24) is 9.55 Å². The highest BCUT2D eigenvalue weighted by Gasteiger charge is 2.11. The molecule has 0 N–H and O–H groups in total. The number of rotatable bonds is 6. The lowest BCUT2D eigenvalue weighted by Crippen LogP contribution is -2.12. The standard InChI is InChI=1S/C18H15Cl2N3O/c19-15-6-7-16(17(20)10-15)18(11-23-9-8-21-13-23)22-24-12-14-4-2-1-3-5-14/h1-10,13H,11-12H2/b22-18+. The molecule has 6 heteroatoms. The molecule has 0 aliphatic heterocycles. The normalized spacial score (nSPS) is 11.5. The molecule has 2 aromatic carbocycles. The van der Waals surface area contributed by atoms with Crippen LogP contribution in [0.25, 0.3) is 0 Å². The maximum absolute atomic E-state index is 6.31. The van der Waals surface area contributed by atoms with Gasteiger partial charge in [0.25, 0.3) is 0 Å². The lowest BCUT2D eigenvalue weighted by molar-refractivity contribution is 0.130. The summed E-state index contributed by atoms with van der Waals surface area (Å²) in [5.41, 5.74) is 2.53. The molecular formula is C18H15Cl2N3O. The second kappa shape index (κ2) is 7.99. The van der Waals surface area contributed by atoms with Crippen LogP contribution < -0.4 is 0 Å². The molecule has 0 aliphatic carbocycles. The lowest BCUT2D eigenvalue weighted by Gasteiger charge is -2.10. The quantitative estimate of drug-likeness (QED) is 0.467. The van der Waals surface area contributed by atoms with Gasteiger partial charge in [-0.25, -0.2) is 4.98 Å². The molecule has 0 atom stereocenters. The van der Waals surface area contributed by atoms with Crippen LogP contribution in [0, 0.1) is 0 Å². The Labute approximate surface area is 150 Å². The van der Waals surface area contributed by atoms with Crippen molar-refractivity contribution >= 4 is 28.9 Å². The monoisotopic (exact) mass is 359 g/mol. The van der Waals surface area contributed by atoms with Gasteiger partial charge in [-0.2, -0.15) is 0 Å². The third-order valence-electron chi connectivity index (χ3n) is 3.38. The molecule has 3 rings (SSSR count). The van der Waals surface area contributed by atoms with Crippen molar-refractivity contribution in [2.24, 2.45) is 5.16 Å². The van der Waals surface area contributed by atoms with E-state index in [9.17, 15) is 0 Å². The summed E-state index contributed by atoms with van der Waals surface area (Å²) in [7, 11) is 0. The first kappa shape index (κ1) is 16.6. The molecule has 1 aromatic heterocycles. The molecule has 0 radical (unpaired) electrons. The van der Waals surface area contributed by atoms with E-state index in [4.69, 9.17) is 28.0 Å². The fourth-order valence-electron chi connectivity index (χ4n) is 2.20. The van der Waals surface area contributed by atoms with Gasteiger partial charge in [-0.1, -0.05) is 58.7 Å². The van der Waals surface area contributed by atoms with Gasteiger partial charge in [-0.3, -0.25) is 0 Å². The summed E-state index contributed by atoms with van der Waals surface area (Å²) in [6.07, 6.45) is 5.29. The van der Waals surface area contributed by atoms with Crippen molar-refractivity contribution in [2.75, 3.05) is 0 Å². The van der Waals surface area contributed by atoms with Gasteiger partial charge < -0.3 is 9.40 Å². The summed E-state index contributed by atoms with van der Waals surface area (Å²) in [6, 6.07) is 15.2. The van der Waals surface area contributed by atoms with Gasteiger partial charge in [0.1, 0.15) is 12.3 Å². The maximum atomic E-state index is 6.31. The van der Waals surface area contributed by atoms with Gasteiger partial charge >= 0.3 is 0 Å². The van der Waals surface area contributed by atoms with Gasteiger partial charge in [-0.05, 0) is 23.8 Å². The van der Waals surface area contributed by atoms with Crippen LogP contribution in [0.15, 0.2) is 72.4 Å². The Morgan fingerprint density at radius 2 is 1.96 bits per heavy atom. The summed E-state index contributed by atoms with van der Waals surface area (Å²) in [5, 5.41) is 5.41. The molecule has 4 nitrogen and oxygen atoms in total. The first-order valence-corrected chi connectivity index (χ1v) is 8.12. The molecule has 122 valence electrons. The molecule has 0 aliphatic rings. The summed E-state index contributed by atoms with van der Waals surface area (Å²) >= 11 is 12.3. The molecule has 0 spiro atoms. The number of hydrogen-bond donors (Lipinski definition) is 0. The zero-order valence-corrected chi connectivity index (χ0v) is 14.3. The second-order valence-electron chi connectivity index (χ2n) is 5.16. The van der Waals surface area contributed by atoms with Crippen LogP contribution in [0.4, 0.5) is 0 Å². The first-order chi connectivity index (χ1) is 11.7. The Kier molecular flexibility index (Phi) is 5.51. The van der Waals surface area contributed by atoms with Crippen molar-refractivity contribution < 1.29 is 4.84 Å². The average molecular weight is 360 g/mol. The maximum Gasteiger partial charge on any atom is 0.142 e. The average Bonchev–Trinajstić information content (AvgIpc) is 3.08. The van der Waals surface area contributed by atoms with E-state index in [1.54, 1.807) is 24.7 Å². The molecule has 0 amide bonds. The topological polar surface area (TPSA) is 39.4 Å². The minimum atomic E-state index is 0.388. The molecule has 1 heterocycles. The number of imidazole rings is 1. The lowest BCUT2D eigenvalue weighted by atomic mass is 10.1. The van der Waals surface area contributed by atoms with Crippen molar-refractivity contribution in [3.8, 4) is 0 Å². The van der Waals surface area contributed by atoms with Crippen LogP contribution in [0.1, 0.15) is 11.1 Å². The molecule has 0 bridgehead atoms. The Balaban J connectivity index is 1.82. The molecule has 0 saturated carbocycles. The van der Waals surface area contributed by atoms with E-state index in [-0.39, 0.29) is 0 Å². The van der Waals surface area contributed by atoms with Crippen molar-refractivity contribution in [3.05, 3.63) is 88.4 Å². The zero-order chi connectivity index (χ0) is 16.8. The minimum absolute atomic E-state index is 0.388. The van der Waals surface area contributed by atoms with Crippen LogP contribution in [0.2, 0.25) is 10.0 Å². The van der Waals surface area contributed by atoms with Crippen LogP contribution in [-0.2, 0) is 18.0 Å². The predicted octanol–water partition coefficient (Wildman–Crippen LogP) is 4.81. The van der Waals surface area contributed by atoms with Crippen LogP contribution in [0.5, 0.6) is 0 Å². The number of aromatic nitrogens is 2. The Morgan fingerprint density at radius 1 is 1.12 bits per heavy atom. The van der Waals surface area contributed by atoms with E-state index in [0.717, 1.165) is 11.1 Å². The molecule has 0 saturated heterocycles. The highest BCUT2D eigenvalue weighted by Crippen LogP contribution is 2.22. The SMILES string of the molecule is Clc1ccc(/C(Cn2ccnc2)=N/OCc2ccccc2)c(Cl)c1. The third kappa shape index (κ3) is 4.37. The Morgan fingerprint density at radius 3 is 2.67 bits per heavy atom. The number of benzene rings is 2. The predicted molar refractivity (Wildman–Crippen MR) is 96.5 cm³/mol. The highest BCUT2D eigenvalue weighted by atomic mass is 35.5.